The minimum atomic E-state index is -4.35. The normalized spacial score (nSPS) is 11.3. The molecule has 25 heavy (non-hydrogen) atoms. The fraction of sp³-hybridized carbons (Fsp3) is 0.0625. The average Bonchev–Trinajstić information content (AvgIpc) is 2.59. The van der Waals surface area contributed by atoms with Crippen molar-refractivity contribution in [2.75, 3.05) is 7.11 Å². The number of rotatable bonds is 3. The molecule has 0 fully saturated rings. The zero-order valence-corrected chi connectivity index (χ0v) is 14.3. The first kappa shape index (κ1) is 17.1. The van der Waals surface area contributed by atoms with Crippen molar-refractivity contribution in [1.29, 1.82) is 5.26 Å². The summed E-state index contributed by atoms with van der Waals surface area (Å²) in [7, 11) is -2.89. The van der Waals surface area contributed by atoms with Gasteiger partial charge in [0, 0.05) is 17.0 Å². The van der Waals surface area contributed by atoms with Crippen LogP contribution >= 0.6 is 11.6 Å². The maximum absolute atomic E-state index is 11.3. The molecule has 126 valence electrons. The molecule has 0 aliphatic carbocycles. The van der Waals surface area contributed by atoms with E-state index >= 15 is 0 Å². The van der Waals surface area contributed by atoms with Crippen molar-refractivity contribution in [2.45, 2.75) is 4.90 Å². The summed E-state index contributed by atoms with van der Waals surface area (Å²) in [5.74, 6) is 0.405. The number of halogens is 1. The molecular weight excluding hydrogens is 366 g/mol. The first-order chi connectivity index (χ1) is 11.8. The smallest absolute Gasteiger partial charge is 0.294 e. The Balaban J connectivity index is 2.32. The second kappa shape index (κ2) is 6.29. The van der Waals surface area contributed by atoms with Gasteiger partial charge in [-0.15, -0.1) is 0 Å². The molecule has 0 aliphatic rings. The lowest BCUT2D eigenvalue weighted by Crippen LogP contribution is -1.99. The van der Waals surface area contributed by atoms with E-state index in [4.69, 9.17) is 16.3 Å². The second-order valence-electron chi connectivity index (χ2n) is 5.02. The summed E-state index contributed by atoms with van der Waals surface area (Å²) in [6.07, 6.45) is 1.26. The zero-order chi connectivity index (χ0) is 18.2. The van der Waals surface area contributed by atoms with E-state index in [9.17, 15) is 18.2 Å². The average molecular weight is 376 g/mol. The van der Waals surface area contributed by atoms with Crippen LogP contribution in [0.1, 0.15) is 5.56 Å². The highest BCUT2D eigenvalue weighted by Crippen LogP contribution is 2.36. The van der Waals surface area contributed by atoms with Crippen LogP contribution in [0.5, 0.6) is 5.75 Å². The van der Waals surface area contributed by atoms with Crippen LogP contribution in [-0.4, -0.2) is 30.0 Å². The van der Waals surface area contributed by atoms with Crippen molar-refractivity contribution in [3.8, 4) is 23.1 Å². The van der Waals surface area contributed by atoms with Crippen LogP contribution in [0.4, 0.5) is 0 Å². The van der Waals surface area contributed by atoms with Gasteiger partial charge in [0.1, 0.15) is 18.1 Å². The van der Waals surface area contributed by atoms with E-state index in [1.807, 2.05) is 6.07 Å². The molecule has 0 amide bonds. The quantitative estimate of drug-likeness (QED) is 0.699. The van der Waals surface area contributed by atoms with Crippen LogP contribution in [0, 0.1) is 11.3 Å². The molecule has 0 saturated carbocycles. The van der Waals surface area contributed by atoms with E-state index in [0.29, 0.717) is 27.9 Å². The highest BCUT2D eigenvalue weighted by atomic mass is 35.5. The topological polar surface area (TPSA) is 113 Å². The number of nitrogens with zero attached hydrogens (tertiary/aromatic N) is 3. The molecule has 0 radical (unpaired) electrons. The van der Waals surface area contributed by atoms with E-state index in [-0.39, 0.29) is 15.5 Å². The van der Waals surface area contributed by atoms with Crippen LogP contribution < -0.4 is 4.74 Å². The molecule has 1 aromatic heterocycles. The largest absolute Gasteiger partial charge is 0.496 e. The van der Waals surface area contributed by atoms with Crippen LogP contribution in [0.25, 0.3) is 22.2 Å². The van der Waals surface area contributed by atoms with Crippen molar-refractivity contribution in [2.24, 2.45) is 0 Å². The van der Waals surface area contributed by atoms with Crippen molar-refractivity contribution in [3.05, 3.63) is 47.2 Å². The van der Waals surface area contributed by atoms with Crippen molar-refractivity contribution in [3.63, 3.8) is 0 Å². The molecule has 9 heteroatoms. The number of hydrogen-bond acceptors (Lipinski definition) is 6. The van der Waals surface area contributed by atoms with Crippen molar-refractivity contribution in [1.82, 2.24) is 9.97 Å². The van der Waals surface area contributed by atoms with Gasteiger partial charge < -0.3 is 4.74 Å². The van der Waals surface area contributed by atoms with E-state index in [2.05, 4.69) is 9.97 Å². The van der Waals surface area contributed by atoms with Gasteiger partial charge in [-0.2, -0.15) is 13.7 Å². The van der Waals surface area contributed by atoms with Gasteiger partial charge in [-0.05, 0) is 24.3 Å². The molecule has 1 heterocycles. The fourth-order valence-electron chi connectivity index (χ4n) is 2.41. The predicted molar refractivity (Wildman–Crippen MR) is 91.1 cm³/mol. The van der Waals surface area contributed by atoms with Crippen LogP contribution in [0.3, 0.4) is 0 Å². The summed E-state index contributed by atoms with van der Waals surface area (Å²) >= 11 is 6.03. The summed E-state index contributed by atoms with van der Waals surface area (Å²) in [6, 6.07) is 9.01. The highest BCUT2D eigenvalue weighted by Gasteiger charge is 2.17. The first-order valence-electron chi connectivity index (χ1n) is 6.85. The number of methoxy groups -OCH3 is 1. The molecule has 7 nitrogen and oxygen atoms in total. The molecule has 0 atom stereocenters. The summed E-state index contributed by atoms with van der Waals surface area (Å²) in [5.41, 5.74) is 1.52. The number of hydrogen-bond donors (Lipinski definition) is 1. The SMILES string of the molecule is COc1cc(Cl)c(C#N)cc1-c1ncnc2cc(S(=O)(=O)O)ccc12. The van der Waals surface area contributed by atoms with E-state index in [1.165, 1.54) is 37.7 Å². The lowest BCUT2D eigenvalue weighted by Gasteiger charge is -2.11. The van der Waals surface area contributed by atoms with E-state index in [1.54, 1.807) is 6.07 Å². The predicted octanol–water partition coefficient (Wildman–Crippen LogP) is 3.08. The Labute approximate surface area is 148 Å². The molecular formula is C16H10ClN3O4S. The number of fused-ring (bicyclic) bond motifs is 1. The van der Waals surface area contributed by atoms with Gasteiger partial charge in [-0.1, -0.05) is 11.6 Å². The standard InChI is InChI=1S/C16H10ClN3O4S/c1-24-15-6-13(17)9(7-18)4-12(15)16-11-3-2-10(25(21,22)23)5-14(11)19-8-20-16/h2-6,8H,1H3,(H,21,22,23). The summed E-state index contributed by atoms with van der Waals surface area (Å²) in [4.78, 5) is 7.99. The van der Waals surface area contributed by atoms with Crippen LogP contribution in [-0.2, 0) is 10.1 Å². The number of nitriles is 1. The minimum Gasteiger partial charge on any atom is -0.496 e. The number of aromatic nitrogens is 2. The van der Waals surface area contributed by atoms with Gasteiger partial charge in [0.05, 0.1) is 33.8 Å². The van der Waals surface area contributed by atoms with Crippen molar-refractivity contribution >= 4 is 32.6 Å². The van der Waals surface area contributed by atoms with Gasteiger partial charge in [-0.25, -0.2) is 9.97 Å². The van der Waals surface area contributed by atoms with Crippen molar-refractivity contribution < 1.29 is 17.7 Å². The Morgan fingerprint density at radius 1 is 1.24 bits per heavy atom. The van der Waals surface area contributed by atoms with E-state index in [0.717, 1.165) is 0 Å². The summed E-state index contributed by atoms with van der Waals surface area (Å²) in [5, 5.41) is 9.96. The minimum absolute atomic E-state index is 0.245. The Bertz CT molecular complexity index is 1140. The Morgan fingerprint density at radius 2 is 2.00 bits per heavy atom. The zero-order valence-electron chi connectivity index (χ0n) is 12.8. The maximum Gasteiger partial charge on any atom is 0.294 e. The van der Waals surface area contributed by atoms with Gasteiger partial charge in [0.25, 0.3) is 10.1 Å². The number of ether oxygens (including phenoxy) is 1. The van der Waals surface area contributed by atoms with Gasteiger partial charge in [0.2, 0.25) is 0 Å². The first-order valence-corrected chi connectivity index (χ1v) is 8.67. The highest BCUT2D eigenvalue weighted by molar-refractivity contribution is 7.85. The molecule has 3 rings (SSSR count). The van der Waals surface area contributed by atoms with Gasteiger partial charge >= 0.3 is 0 Å². The van der Waals surface area contributed by atoms with E-state index < -0.39 is 10.1 Å². The summed E-state index contributed by atoms with van der Waals surface area (Å²) < 4.78 is 37.1. The maximum atomic E-state index is 11.3. The van der Waals surface area contributed by atoms with Crippen LogP contribution in [0.2, 0.25) is 5.02 Å². The molecule has 0 bridgehead atoms. The molecule has 0 saturated heterocycles. The third-order valence-corrected chi connectivity index (χ3v) is 4.73. The Kier molecular flexibility index (Phi) is 4.30. The third-order valence-electron chi connectivity index (χ3n) is 3.57. The molecule has 0 unspecified atom stereocenters. The summed E-state index contributed by atoms with van der Waals surface area (Å²) in [6.45, 7) is 0. The molecule has 0 spiro atoms. The molecule has 2 aromatic carbocycles. The lowest BCUT2D eigenvalue weighted by molar-refractivity contribution is 0.416. The Morgan fingerprint density at radius 3 is 2.64 bits per heavy atom. The number of benzene rings is 2. The molecule has 3 aromatic rings. The fourth-order valence-corrected chi connectivity index (χ4v) is 3.10. The van der Waals surface area contributed by atoms with Gasteiger partial charge in [-0.3, -0.25) is 4.55 Å². The Hall–Kier alpha value is -2.73. The second-order valence-corrected chi connectivity index (χ2v) is 6.85. The van der Waals surface area contributed by atoms with Crippen LogP contribution in [0.15, 0.2) is 41.6 Å². The molecule has 1 N–H and O–H groups in total. The lowest BCUT2D eigenvalue weighted by atomic mass is 10.0. The molecule has 0 aliphatic heterocycles. The third kappa shape index (κ3) is 3.13. The monoisotopic (exact) mass is 375 g/mol. The van der Waals surface area contributed by atoms with Gasteiger partial charge in [0.15, 0.2) is 0 Å².